The first-order chi connectivity index (χ1) is 17.8. The van der Waals surface area contributed by atoms with Crippen molar-refractivity contribution in [2.24, 2.45) is 0 Å². The number of nitrogens with zero attached hydrogens (tertiary/aromatic N) is 1. The van der Waals surface area contributed by atoms with E-state index in [1.807, 2.05) is 11.3 Å². The Morgan fingerprint density at radius 1 is 0.444 bits per heavy atom. The van der Waals surface area contributed by atoms with Gasteiger partial charge in [-0.1, -0.05) is 91.0 Å². The second kappa shape index (κ2) is 7.55. The molecule has 0 radical (unpaired) electrons. The molecule has 0 fully saturated rings. The van der Waals surface area contributed by atoms with E-state index < -0.39 is 0 Å². The second-order valence-corrected chi connectivity index (χ2v) is 10.5. The standard InChI is InChI=1S/C34H21NS/c1-2-8-22(9-3-1)23-14-17-25(18-15-23)35-31-12-6-4-10-26(31)28-19-16-24-20-30-27-11-5-7-13-32(27)36-33(30)21-29(24)34(28)35/h1-21H. The Bertz CT molecular complexity index is 2080. The molecule has 0 saturated heterocycles. The summed E-state index contributed by atoms with van der Waals surface area (Å²) in [5.41, 5.74) is 6.18. The summed E-state index contributed by atoms with van der Waals surface area (Å²) in [6, 6.07) is 46.5. The predicted molar refractivity (Wildman–Crippen MR) is 157 cm³/mol. The van der Waals surface area contributed by atoms with E-state index >= 15 is 0 Å². The van der Waals surface area contributed by atoms with Crippen molar-refractivity contribution in [1.82, 2.24) is 4.57 Å². The zero-order chi connectivity index (χ0) is 23.6. The number of fused-ring (bicyclic) bond motifs is 8. The maximum absolute atomic E-state index is 2.45. The lowest BCUT2D eigenvalue weighted by Crippen LogP contribution is -1.94. The average molecular weight is 476 g/mol. The monoisotopic (exact) mass is 475 g/mol. The third kappa shape index (κ3) is 2.82. The van der Waals surface area contributed by atoms with Crippen LogP contribution in [0.25, 0.3) is 69.6 Å². The number of para-hydroxylation sites is 1. The topological polar surface area (TPSA) is 4.93 Å². The van der Waals surface area contributed by atoms with Gasteiger partial charge in [0.05, 0.1) is 11.0 Å². The van der Waals surface area contributed by atoms with E-state index in [0.29, 0.717) is 0 Å². The molecule has 168 valence electrons. The molecule has 8 rings (SSSR count). The van der Waals surface area contributed by atoms with Crippen molar-refractivity contribution in [3.63, 3.8) is 0 Å². The maximum Gasteiger partial charge on any atom is 0.0619 e. The van der Waals surface area contributed by atoms with Crippen LogP contribution in [0.4, 0.5) is 0 Å². The molecular weight excluding hydrogens is 454 g/mol. The summed E-state index contributed by atoms with van der Waals surface area (Å²) < 4.78 is 5.13. The summed E-state index contributed by atoms with van der Waals surface area (Å²) in [5, 5.41) is 7.86. The van der Waals surface area contributed by atoms with Crippen LogP contribution in [0.3, 0.4) is 0 Å². The molecule has 0 aliphatic heterocycles. The third-order valence-electron chi connectivity index (χ3n) is 7.38. The first kappa shape index (κ1) is 19.9. The van der Waals surface area contributed by atoms with Gasteiger partial charge in [0.2, 0.25) is 0 Å². The first-order valence-electron chi connectivity index (χ1n) is 12.3. The molecular formula is C34H21NS. The van der Waals surface area contributed by atoms with E-state index in [2.05, 4.69) is 132 Å². The van der Waals surface area contributed by atoms with Crippen LogP contribution in [0.5, 0.6) is 0 Å². The van der Waals surface area contributed by atoms with Crippen LogP contribution in [0.2, 0.25) is 0 Å². The summed E-state index contributed by atoms with van der Waals surface area (Å²) in [6.45, 7) is 0. The van der Waals surface area contributed by atoms with Gasteiger partial charge in [-0.3, -0.25) is 0 Å². The number of aromatic nitrogens is 1. The fourth-order valence-corrected chi connectivity index (χ4v) is 6.83. The van der Waals surface area contributed by atoms with Crippen molar-refractivity contribution in [2.75, 3.05) is 0 Å². The van der Waals surface area contributed by atoms with Gasteiger partial charge in [0.1, 0.15) is 0 Å². The van der Waals surface area contributed by atoms with Gasteiger partial charge in [-0.2, -0.15) is 0 Å². The van der Waals surface area contributed by atoms with Crippen LogP contribution in [-0.4, -0.2) is 4.57 Å². The number of thiophene rings is 1. The molecule has 0 aliphatic carbocycles. The lowest BCUT2D eigenvalue weighted by molar-refractivity contribution is 1.19. The summed E-state index contributed by atoms with van der Waals surface area (Å²) in [6.07, 6.45) is 0. The van der Waals surface area contributed by atoms with E-state index in [-0.39, 0.29) is 0 Å². The van der Waals surface area contributed by atoms with Gasteiger partial charge in [-0.15, -0.1) is 11.3 Å². The Morgan fingerprint density at radius 3 is 2.03 bits per heavy atom. The molecule has 0 N–H and O–H groups in total. The lowest BCUT2D eigenvalue weighted by Gasteiger charge is -2.11. The zero-order valence-corrected chi connectivity index (χ0v) is 20.3. The first-order valence-corrected chi connectivity index (χ1v) is 13.1. The van der Waals surface area contributed by atoms with Crippen LogP contribution in [0.15, 0.2) is 127 Å². The van der Waals surface area contributed by atoms with Gasteiger partial charge in [-0.25, -0.2) is 0 Å². The highest BCUT2D eigenvalue weighted by atomic mass is 32.1. The Kier molecular flexibility index (Phi) is 4.16. The fraction of sp³-hybridized carbons (Fsp3) is 0. The highest BCUT2D eigenvalue weighted by molar-refractivity contribution is 7.25. The van der Waals surface area contributed by atoms with Crippen molar-refractivity contribution in [2.45, 2.75) is 0 Å². The maximum atomic E-state index is 2.45. The normalized spacial score (nSPS) is 11.9. The molecule has 2 heteroatoms. The van der Waals surface area contributed by atoms with Gasteiger partial charge in [0.25, 0.3) is 0 Å². The minimum Gasteiger partial charge on any atom is -0.309 e. The molecule has 8 aromatic rings. The van der Waals surface area contributed by atoms with Crippen molar-refractivity contribution in [1.29, 1.82) is 0 Å². The molecule has 0 bridgehead atoms. The Labute approximate surface area is 212 Å². The molecule has 2 heterocycles. The second-order valence-electron chi connectivity index (χ2n) is 9.39. The fourth-order valence-electron chi connectivity index (χ4n) is 5.71. The summed E-state index contributed by atoms with van der Waals surface area (Å²) >= 11 is 1.88. The quantitative estimate of drug-likeness (QED) is 0.234. The molecule has 0 spiro atoms. The van der Waals surface area contributed by atoms with E-state index in [0.717, 1.165) is 0 Å². The van der Waals surface area contributed by atoms with Crippen molar-refractivity contribution in [3.8, 4) is 16.8 Å². The molecule has 1 nitrogen and oxygen atoms in total. The minimum atomic E-state index is 1.19. The molecule has 2 aromatic heterocycles. The summed E-state index contributed by atoms with van der Waals surface area (Å²) in [5.74, 6) is 0. The number of hydrogen-bond donors (Lipinski definition) is 0. The van der Waals surface area contributed by atoms with Crippen LogP contribution >= 0.6 is 11.3 Å². The molecule has 0 unspecified atom stereocenters. The van der Waals surface area contributed by atoms with E-state index in [4.69, 9.17) is 0 Å². The Hall–Kier alpha value is -4.40. The van der Waals surface area contributed by atoms with Crippen molar-refractivity contribution in [3.05, 3.63) is 127 Å². The molecule has 6 aromatic carbocycles. The molecule has 36 heavy (non-hydrogen) atoms. The van der Waals surface area contributed by atoms with Crippen molar-refractivity contribution >= 4 is 64.1 Å². The van der Waals surface area contributed by atoms with Gasteiger partial charge >= 0.3 is 0 Å². The largest absolute Gasteiger partial charge is 0.309 e. The van der Waals surface area contributed by atoms with Crippen LogP contribution < -0.4 is 0 Å². The third-order valence-corrected chi connectivity index (χ3v) is 8.51. The molecule has 0 aliphatic rings. The van der Waals surface area contributed by atoms with Gasteiger partial charge in [0.15, 0.2) is 0 Å². The zero-order valence-electron chi connectivity index (χ0n) is 19.5. The SMILES string of the molecule is c1ccc(-c2ccc(-n3c4ccccc4c4ccc5cc6c(cc5c43)sc3ccccc36)cc2)cc1. The van der Waals surface area contributed by atoms with Crippen LogP contribution in [-0.2, 0) is 0 Å². The summed E-state index contributed by atoms with van der Waals surface area (Å²) in [4.78, 5) is 0. The highest BCUT2D eigenvalue weighted by Crippen LogP contribution is 2.41. The highest BCUT2D eigenvalue weighted by Gasteiger charge is 2.16. The average Bonchev–Trinajstić information content (AvgIpc) is 3.48. The number of hydrogen-bond acceptors (Lipinski definition) is 1. The van der Waals surface area contributed by atoms with Crippen LogP contribution in [0.1, 0.15) is 0 Å². The molecule has 0 amide bonds. The number of benzene rings is 6. The molecule has 0 saturated carbocycles. The van der Waals surface area contributed by atoms with Crippen molar-refractivity contribution < 1.29 is 0 Å². The van der Waals surface area contributed by atoms with E-state index in [1.165, 1.54) is 69.6 Å². The van der Waals surface area contributed by atoms with Gasteiger partial charge < -0.3 is 4.57 Å². The Morgan fingerprint density at radius 2 is 1.17 bits per heavy atom. The van der Waals surface area contributed by atoms with Gasteiger partial charge in [0, 0.05) is 42.0 Å². The number of rotatable bonds is 2. The summed E-state index contributed by atoms with van der Waals surface area (Å²) in [7, 11) is 0. The van der Waals surface area contributed by atoms with Gasteiger partial charge in [-0.05, 0) is 52.9 Å². The van der Waals surface area contributed by atoms with E-state index in [9.17, 15) is 0 Å². The minimum absolute atomic E-state index is 1.19. The predicted octanol–water partition coefficient (Wildman–Crippen LogP) is 9.97. The smallest absolute Gasteiger partial charge is 0.0619 e. The lowest BCUT2D eigenvalue weighted by atomic mass is 10.0. The van der Waals surface area contributed by atoms with E-state index in [1.54, 1.807) is 0 Å². The van der Waals surface area contributed by atoms with Crippen LogP contribution in [0, 0.1) is 0 Å². The Balaban J connectivity index is 1.45. The molecule has 0 atom stereocenters.